The van der Waals surface area contributed by atoms with Crippen LogP contribution >= 0.6 is 15.9 Å². The Balaban J connectivity index is 2.15. The Morgan fingerprint density at radius 2 is 2.05 bits per heavy atom. The highest BCUT2D eigenvalue weighted by atomic mass is 79.9. The Labute approximate surface area is 130 Å². The maximum atomic E-state index is 11.3. The van der Waals surface area contributed by atoms with Crippen LogP contribution in [0.25, 0.3) is 17.1 Å². The molecule has 0 aliphatic carbocycles. The van der Waals surface area contributed by atoms with Crippen LogP contribution in [0, 0.1) is 13.8 Å². The molecule has 0 bridgehead atoms. The Bertz CT molecular complexity index is 818. The van der Waals surface area contributed by atoms with Crippen LogP contribution in [-0.2, 0) is 0 Å². The highest BCUT2D eigenvalue weighted by Crippen LogP contribution is 2.27. The highest BCUT2D eigenvalue weighted by Gasteiger charge is 2.15. The monoisotopic (exact) mass is 344 g/mol. The molecule has 0 atom stereocenters. The summed E-state index contributed by atoms with van der Waals surface area (Å²) in [7, 11) is 0. The lowest BCUT2D eigenvalue weighted by atomic mass is 10.1. The third-order valence-corrected chi connectivity index (χ3v) is 3.71. The average Bonchev–Trinajstić information content (AvgIpc) is 3.07. The topological polar surface area (TPSA) is 48.0 Å². The van der Waals surface area contributed by atoms with Gasteiger partial charge in [0.1, 0.15) is 5.69 Å². The lowest BCUT2D eigenvalue weighted by Gasteiger charge is -2.06. The summed E-state index contributed by atoms with van der Waals surface area (Å²) in [5, 5.41) is 4.51. The Kier molecular flexibility index (Phi) is 3.51. The second-order valence-electron chi connectivity index (χ2n) is 4.89. The molecule has 0 aliphatic heterocycles. The summed E-state index contributed by atoms with van der Waals surface area (Å²) in [6, 6.07) is 9.69. The molecule has 4 nitrogen and oxygen atoms in total. The van der Waals surface area contributed by atoms with Crippen molar-refractivity contribution in [3.8, 4) is 17.1 Å². The zero-order chi connectivity index (χ0) is 15.0. The van der Waals surface area contributed by atoms with E-state index in [1.54, 1.807) is 23.0 Å². The van der Waals surface area contributed by atoms with Crippen LogP contribution in [0.2, 0.25) is 0 Å². The van der Waals surface area contributed by atoms with Crippen molar-refractivity contribution in [3.05, 3.63) is 57.9 Å². The number of halogens is 1. The van der Waals surface area contributed by atoms with Crippen molar-refractivity contribution in [2.75, 3.05) is 0 Å². The standard InChI is InChI=1S/C16H13BrN2O2/c1-10-3-4-11(2)13(7-10)19-8-12(9-20)16(18-19)14-5-6-15(17)21-14/h3-9H,1-2H3. The second-order valence-corrected chi connectivity index (χ2v) is 5.67. The van der Waals surface area contributed by atoms with Gasteiger partial charge in [-0.25, -0.2) is 4.68 Å². The van der Waals surface area contributed by atoms with Crippen molar-refractivity contribution in [3.63, 3.8) is 0 Å². The maximum Gasteiger partial charge on any atom is 0.169 e. The number of nitrogens with zero attached hydrogens (tertiary/aromatic N) is 2. The number of carbonyl (C=O) groups excluding carboxylic acids is 1. The van der Waals surface area contributed by atoms with Crippen LogP contribution in [0.1, 0.15) is 21.5 Å². The summed E-state index contributed by atoms with van der Waals surface area (Å²) in [6.07, 6.45) is 2.51. The van der Waals surface area contributed by atoms with Gasteiger partial charge in [-0.3, -0.25) is 4.79 Å². The SMILES string of the molecule is Cc1ccc(C)c(-n2cc(C=O)c(-c3ccc(Br)o3)n2)c1. The molecule has 106 valence electrons. The molecule has 1 aromatic carbocycles. The molecular weight excluding hydrogens is 332 g/mol. The molecule has 0 fully saturated rings. The number of hydrogen-bond acceptors (Lipinski definition) is 3. The van der Waals surface area contributed by atoms with Gasteiger partial charge in [-0.2, -0.15) is 5.10 Å². The molecule has 0 saturated heterocycles. The highest BCUT2D eigenvalue weighted by molar-refractivity contribution is 9.10. The average molecular weight is 345 g/mol. The van der Waals surface area contributed by atoms with Gasteiger partial charge in [-0.15, -0.1) is 0 Å². The molecule has 0 amide bonds. The maximum absolute atomic E-state index is 11.3. The summed E-state index contributed by atoms with van der Waals surface area (Å²) in [4.78, 5) is 11.3. The number of rotatable bonds is 3. The van der Waals surface area contributed by atoms with Crippen molar-refractivity contribution in [1.29, 1.82) is 0 Å². The first kappa shape index (κ1) is 13.8. The first-order valence-electron chi connectivity index (χ1n) is 6.46. The molecule has 3 rings (SSSR count). The van der Waals surface area contributed by atoms with Gasteiger partial charge >= 0.3 is 0 Å². The van der Waals surface area contributed by atoms with Crippen LogP contribution in [0.15, 0.2) is 45.6 Å². The van der Waals surface area contributed by atoms with Gasteiger partial charge in [0.2, 0.25) is 0 Å². The molecule has 5 heteroatoms. The van der Waals surface area contributed by atoms with E-state index in [1.165, 1.54) is 0 Å². The fraction of sp³-hybridized carbons (Fsp3) is 0.125. The molecule has 0 aliphatic rings. The van der Waals surface area contributed by atoms with Crippen molar-refractivity contribution >= 4 is 22.2 Å². The first-order valence-corrected chi connectivity index (χ1v) is 7.26. The number of furan rings is 1. The zero-order valence-electron chi connectivity index (χ0n) is 11.6. The van der Waals surface area contributed by atoms with E-state index in [0.717, 1.165) is 23.1 Å². The fourth-order valence-electron chi connectivity index (χ4n) is 2.20. The van der Waals surface area contributed by atoms with Gasteiger partial charge in [0.25, 0.3) is 0 Å². The minimum Gasteiger partial charge on any atom is -0.448 e. The molecule has 0 spiro atoms. The smallest absolute Gasteiger partial charge is 0.169 e. The second kappa shape index (κ2) is 5.33. The van der Waals surface area contributed by atoms with Crippen molar-refractivity contribution in [2.45, 2.75) is 13.8 Å². The van der Waals surface area contributed by atoms with Crippen LogP contribution in [0.5, 0.6) is 0 Å². The largest absolute Gasteiger partial charge is 0.448 e. The minimum absolute atomic E-state index is 0.498. The molecule has 21 heavy (non-hydrogen) atoms. The van der Waals surface area contributed by atoms with Crippen LogP contribution in [0.4, 0.5) is 0 Å². The summed E-state index contributed by atoms with van der Waals surface area (Å²) in [5.74, 6) is 0.563. The number of aryl methyl sites for hydroxylation is 2. The van der Waals surface area contributed by atoms with E-state index in [1.807, 2.05) is 32.0 Å². The van der Waals surface area contributed by atoms with Gasteiger partial charge < -0.3 is 4.42 Å². The third kappa shape index (κ3) is 2.56. The summed E-state index contributed by atoms with van der Waals surface area (Å²) < 4.78 is 7.82. The number of aldehydes is 1. The molecule has 2 aromatic heterocycles. The van der Waals surface area contributed by atoms with Gasteiger partial charge in [-0.1, -0.05) is 12.1 Å². The number of aromatic nitrogens is 2. The van der Waals surface area contributed by atoms with Gasteiger partial charge in [0, 0.05) is 6.20 Å². The van der Waals surface area contributed by atoms with E-state index in [2.05, 4.69) is 21.0 Å². The molecule has 0 radical (unpaired) electrons. The van der Waals surface area contributed by atoms with E-state index in [0.29, 0.717) is 21.7 Å². The molecule has 3 aromatic rings. The normalized spacial score (nSPS) is 10.8. The summed E-state index contributed by atoms with van der Waals surface area (Å²) in [5.41, 5.74) is 4.22. The van der Waals surface area contributed by atoms with Crippen LogP contribution in [0.3, 0.4) is 0 Å². The zero-order valence-corrected chi connectivity index (χ0v) is 13.2. The predicted molar refractivity (Wildman–Crippen MR) is 83.8 cm³/mol. The summed E-state index contributed by atoms with van der Waals surface area (Å²) in [6.45, 7) is 4.04. The Morgan fingerprint density at radius 3 is 2.71 bits per heavy atom. The van der Waals surface area contributed by atoms with E-state index in [4.69, 9.17) is 4.42 Å². The van der Waals surface area contributed by atoms with Crippen LogP contribution < -0.4 is 0 Å². The van der Waals surface area contributed by atoms with E-state index in [-0.39, 0.29) is 0 Å². The lowest BCUT2D eigenvalue weighted by Crippen LogP contribution is -1.98. The number of hydrogen-bond donors (Lipinski definition) is 0. The minimum atomic E-state index is 0.498. The van der Waals surface area contributed by atoms with Crippen molar-refractivity contribution in [2.24, 2.45) is 0 Å². The molecular formula is C16H13BrN2O2. The quantitative estimate of drug-likeness (QED) is 0.664. The third-order valence-electron chi connectivity index (χ3n) is 3.29. The molecule has 0 unspecified atom stereocenters. The summed E-state index contributed by atoms with van der Waals surface area (Å²) >= 11 is 3.26. The van der Waals surface area contributed by atoms with Gasteiger partial charge in [0.05, 0.1) is 11.3 Å². The van der Waals surface area contributed by atoms with Crippen molar-refractivity contribution in [1.82, 2.24) is 9.78 Å². The fourth-order valence-corrected chi connectivity index (χ4v) is 2.50. The van der Waals surface area contributed by atoms with E-state index in [9.17, 15) is 4.79 Å². The van der Waals surface area contributed by atoms with E-state index < -0.39 is 0 Å². The molecule has 0 saturated carbocycles. The Morgan fingerprint density at radius 1 is 1.24 bits per heavy atom. The lowest BCUT2D eigenvalue weighted by molar-refractivity contribution is 0.112. The number of benzene rings is 1. The van der Waals surface area contributed by atoms with Crippen LogP contribution in [-0.4, -0.2) is 16.1 Å². The molecule has 2 heterocycles. The van der Waals surface area contributed by atoms with Crippen molar-refractivity contribution < 1.29 is 9.21 Å². The predicted octanol–water partition coefficient (Wildman–Crippen LogP) is 4.32. The first-order chi connectivity index (χ1) is 10.1. The van der Waals surface area contributed by atoms with Gasteiger partial charge in [0.15, 0.2) is 16.7 Å². The molecule has 0 N–H and O–H groups in total. The van der Waals surface area contributed by atoms with E-state index >= 15 is 0 Å². The number of carbonyl (C=O) groups is 1. The Hall–Kier alpha value is -2.14. The van der Waals surface area contributed by atoms with Gasteiger partial charge in [-0.05, 0) is 59.1 Å².